The Morgan fingerprint density at radius 1 is 0.963 bits per heavy atom. The lowest BCUT2D eigenvalue weighted by molar-refractivity contribution is 0.0929. The molecule has 0 aromatic carbocycles. The van der Waals surface area contributed by atoms with Crippen molar-refractivity contribution in [1.29, 1.82) is 0 Å². The molecule has 0 unspecified atom stereocenters. The summed E-state index contributed by atoms with van der Waals surface area (Å²) in [5, 5.41) is 12.6. The van der Waals surface area contributed by atoms with E-state index in [1.54, 1.807) is 6.20 Å². The SMILES string of the molecule is Oc1cc(-c2cnc(O[C@H]3C[C@H](c4ccnc(OC5CC5)c4)C3)cn2)on1. The van der Waals surface area contributed by atoms with E-state index in [-0.39, 0.29) is 12.0 Å². The number of aromatic hydroxyl groups is 1. The smallest absolute Gasteiger partial charge is 0.252 e. The van der Waals surface area contributed by atoms with Gasteiger partial charge in [-0.2, -0.15) is 0 Å². The Morgan fingerprint density at radius 2 is 1.81 bits per heavy atom. The average molecular weight is 366 g/mol. The van der Waals surface area contributed by atoms with Gasteiger partial charge in [-0.25, -0.2) is 15.0 Å². The van der Waals surface area contributed by atoms with Gasteiger partial charge in [0.05, 0.1) is 18.5 Å². The monoisotopic (exact) mass is 366 g/mol. The predicted octanol–water partition coefficient (Wildman–Crippen LogP) is 3.10. The Hall–Kier alpha value is -3.16. The molecule has 27 heavy (non-hydrogen) atoms. The quantitative estimate of drug-likeness (QED) is 0.710. The van der Waals surface area contributed by atoms with Gasteiger partial charge in [-0.05, 0) is 48.4 Å². The molecule has 0 spiro atoms. The van der Waals surface area contributed by atoms with Crippen LogP contribution in [0.15, 0.2) is 41.3 Å². The molecule has 0 saturated heterocycles. The van der Waals surface area contributed by atoms with E-state index in [9.17, 15) is 5.11 Å². The van der Waals surface area contributed by atoms with Crippen LogP contribution >= 0.6 is 0 Å². The van der Waals surface area contributed by atoms with Crippen molar-refractivity contribution in [3.63, 3.8) is 0 Å². The van der Waals surface area contributed by atoms with E-state index in [0.29, 0.717) is 29.4 Å². The Morgan fingerprint density at radius 3 is 2.52 bits per heavy atom. The summed E-state index contributed by atoms with van der Waals surface area (Å²) in [6, 6.07) is 5.47. The maximum atomic E-state index is 9.22. The first-order chi connectivity index (χ1) is 13.2. The molecule has 2 fully saturated rings. The average Bonchev–Trinajstić information content (AvgIpc) is 3.36. The molecule has 0 aliphatic heterocycles. The van der Waals surface area contributed by atoms with Crippen LogP contribution in [0, 0.1) is 0 Å². The summed E-state index contributed by atoms with van der Waals surface area (Å²) in [5.41, 5.74) is 1.73. The van der Waals surface area contributed by atoms with E-state index in [1.165, 1.54) is 17.8 Å². The maximum absolute atomic E-state index is 9.22. The molecule has 3 heterocycles. The van der Waals surface area contributed by atoms with Crippen molar-refractivity contribution in [3.05, 3.63) is 42.4 Å². The largest absolute Gasteiger partial charge is 0.491 e. The highest BCUT2D eigenvalue weighted by atomic mass is 16.5. The number of hydrogen-bond donors (Lipinski definition) is 1. The van der Waals surface area contributed by atoms with E-state index in [4.69, 9.17) is 14.0 Å². The predicted molar refractivity (Wildman–Crippen MR) is 93.5 cm³/mol. The van der Waals surface area contributed by atoms with Crippen molar-refractivity contribution in [2.45, 2.75) is 43.8 Å². The zero-order valence-corrected chi connectivity index (χ0v) is 14.5. The molecular weight excluding hydrogens is 348 g/mol. The fourth-order valence-corrected chi connectivity index (χ4v) is 3.10. The van der Waals surface area contributed by atoms with Crippen molar-refractivity contribution in [3.8, 4) is 29.1 Å². The van der Waals surface area contributed by atoms with Gasteiger partial charge < -0.3 is 19.1 Å². The van der Waals surface area contributed by atoms with Crippen LogP contribution < -0.4 is 9.47 Å². The van der Waals surface area contributed by atoms with E-state index >= 15 is 0 Å². The van der Waals surface area contributed by atoms with E-state index < -0.39 is 0 Å². The number of rotatable bonds is 6. The molecule has 2 aliphatic rings. The van der Waals surface area contributed by atoms with Crippen LogP contribution in [-0.2, 0) is 0 Å². The number of pyridine rings is 1. The summed E-state index contributed by atoms with van der Waals surface area (Å²) in [6.45, 7) is 0. The van der Waals surface area contributed by atoms with Gasteiger partial charge in [-0.15, -0.1) is 0 Å². The minimum Gasteiger partial charge on any atom is -0.491 e. The number of nitrogens with zero attached hydrogens (tertiary/aromatic N) is 4. The molecule has 1 N–H and O–H groups in total. The van der Waals surface area contributed by atoms with Gasteiger partial charge in [0.25, 0.3) is 5.88 Å². The van der Waals surface area contributed by atoms with Crippen molar-refractivity contribution in [2.75, 3.05) is 0 Å². The molecule has 3 aromatic heterocycles. The minimum atomic E-state index is -0.186. The zero-order chi connectivity index (χ0) is 18.2. The third kappa shape index (κ3) is 3.55. The first-order valence-corrected chi connectivity index (χ1v) is 9.00. The maximum Gasteiger partial charge on any atom is 0.252 e. The van der Waals surface area contributed by atoms with Crippen LogP contribution in [0.3, 0.4) is 0 Å². The van der Waals surface area contributed by atoms with Gasteiger partial charge in [0.1, 0.15) is 17.9 Å². The second kappa shape index (κ2) is 6.53. The highest BCUT2D eigenvalue weighted by Gasteiger charge is 2.33. The van der Waals surface area contributed by atoms with Gasteiger partial charge in [0.15, 0.2) is 5.76 Å². The van der Waals surface area contributed by atoms with Gasteiger partial charge >= 0.3 is 0 Å². The lowest BCUT2D eigenvalue weighted by Crippen LogP contribution is -2.32. The third-order valence-electron chi connectivity index (χ3n) is 4.80. The fourth-order valence-electron chi connectivity index (χ4n) is 3.10. The lowest BCUT2D eigenvalue weighted by Gasteiger charge is -2.35. The molecule has 5 rings (SSSR count). The van der Waals surface area contributed by atoms with Crippen LogP contribution in [0.2, 0.25) is 0 Å². The van der Waals surface area contributed by atoms with Crippen molar-refractivity contribution in [2.24, 2.45) is 0 Å². The normalized spacial score (nSPS) is 21.5. The van der Waals surface area contributed by atoms with Crippen LogP contribution in [-0.4, -0.2) is 37.4 Å². The van der Waals surface area contributed by atoms with Crippen molar-refractivity contribution >= 4 is 0 Å². The molecule has 0 bridgehead atoms. The topological polar surface area (TPSA) is 103 Å². The van der Waals surface area contributed by atoms with Crippen LogP contribution in [0.1, 0.15) is 37.2 Å². The molecule has 2 saturated carbocycles. The summed E-state index contributed by atoms with van der Waals surface area (Å²) in [5.74, 6) is 1.81. The highest BCUT2D eigenvalue weighted by molar-refractivity contribution is 5.51. The Kier molecular flexibility index (Phi) is 3.88. The highest BCUT2D eigenvalue weighted by Crippen LogP contribution is 2.40. The second-order valence-electron chi connectivity index (χ2n) is 6.94. The molecule has 8 heteroatoms. The van der Waals surface area contributed by atoms with E-state index in [1.807, 2.05) is 18.3 Å². The summed E-state index contributed by atoms with van der Waals surface area (Å²) >= 11 is 0. The molecule has 138 valence electrons. The third-order valence-corrected chi connectivity index (χ3v) is 4.80. The summed E-state index contributed by atoms with van der Waals surface area (Å²) in [4.78, 5) is 12.8. The minimum absolute atomic E-state index is 0.116. The number of hydrogen-bond acceptors (Lipinski definition) is 8. The molecular formula is C19H18N4O4. The Balaban J connectivity index is 1.17. The second-order valence-corrected chi connectivity index (χ2v) is 6.94. The first-order valence-electron chi connectivity index (χ1n) is 9.00. The van der Waals surface area contributed by atoms with Crippen LogP contribution in [0.25, 0.3) is 11.5 Å². The molecule has 0 radical (unpaired) electrons. The van der Waals surface area contributed by atoms with Gasteiger partial charge in [0, 0.05) is 12.3 Å². The molecule has 0 atom stereocenters. The number of aromatic nitrogens is 4. The standard InChI is InChI=1S/C19H18N4O4/c24-17-8-16(27-23-17)15-9-22-19(10-21-15)26-14-5-12(6-14)11-3-4-20-18(7-11)25-13-1-2-13/h3-4,7-10,12-14H,1-2,5-6H2,(H,23,24)/t12-,14-. The van der Waals surface area contributed by atoms with Crippen LogP contribution in [0.5, 0.6) is 17.6 Å². The van der Waals surface area contributed by atoms with Gasteiger partial charge in [0.2, 0.25) is 11.8 Å². The van der Waals surface area contributed by atoms with E-state index in [0.717, 1.165) is 31.6 Å². The van der Waals surface area contributed by atoms with E-state index in [2.05, 4.69) is 20.1 Å². The summed E-state index contributed by atoms with van der Waals surface area (Å²) in [7, 11) is 0. The van der Waals surface area contributed by atoms with Gasteiger partial charge in [-0.3, -0.25) is 0 Å². The summed E-state index contributed by atoms with van der Waals surface area (Å²) in [6.07, 6.45) is 9.47. The zero-order valence-electron chi connectivity index (χ0n) is 14.5. The Labute approximate surface area is 155 Å². The van der Waals surface area contributed by atoms with Crippen LogP contribution in [0.4, 0.5) is 0 Å². The first kappa shape index (κ1) is 16.0. The van der Waals surface area contributed by atoms with Crippen molar-refractivity contribution in [1.82, 2.24) is 20.1 Å². The molecule has 3 aromatic rings. The fraction of sp³-hybridized carbons (Fsp3) is 0.368. The number of ether oxygens (including phenoxy) is 2. The molecule has 2 aliphatic carbocycles. The lowest BCUT2D eigenvalue weighted by atomic mass is 9.78. The van der Waals surface area contributed by atoms with Crippen molar-refractivity contribution < 1.29 is 19.1 Å². The molecule has 0 amide bonds. The summed E-state index contributed by atoms with van der Waals surface area (Å²) < 4.78 is 16.6. The Bertz CT molecular complexity index is 933. The molecule has 8 nitrogen and oxygen atoms in total. The van der Waals surface area contributed by atoms with Gasteiger partial charge in [-0.1, -0.05) is 0 Å².